The molecule has 0 radical (unpaired) electrons. The van der Waals surface area contributed by atoms with Gasteiger partial charge < -0.3 is 5.32 Å². The van der Waals surface area contributed by atoms with Crippen molar-refractivity contribution in [2.45, 2.75) is 32.7 Å². The fourth-order valence-electron chi connectivity index (χ4n) is 1.21. The normalized spacial score (nSPS) is 11.9. The SMILES string of the molecule is CC(C)NCCCCS(=O)(=O)Nc1nncs1. The molecule has 8 heteroatoms. The smallest absolute Gasteiger partial charge is 0.234 e. The van der Waals surface area contributed by atoms with E-state index in [1.807, 2.05) is 0 Å². The van der Waals surface area contributed by atoms with Crippen molar-refractivity contribution in [1.82, 2.24) is 15.5 Å². The van der Waals surface area contributed by atoms with E-state index in [1.165, 1.54) is 16.8 Å². The molecule has 0 aliphatic heterocycles. The lowest BCUT2D eigenvalue weighted by Crippen LogP contribution is -2.24. The molecule has 1 aromatic rings. The Balaban J connectivity index is 2.21. The Bertz CT molecular complexity index is 403. The molecule has 0 aliphatic rings. The van der Waals surface area contributed by atoms with E-state index >= 15 is 0 Å². The number of anilines is 1. The van der Waals surface area contributed by atoms with Crippen LogP contribution in [0.1, 0.15) is 26.7 Å². The molecule has 98 valence electrons. The van der Waals surface area contributed by atoms with Crippen molar-refractivity contribution in [3.05, 3.63) is 5.51 Å². The fourth-order valence-corrected chi connectivity index (χ4v) is 3.06. The number of nitrogens with one attached hydrogen (secondary N) is 2. The van der Waals surface area contributed by atoms with E-state index in [0.717, 1.165) is 13.0 Å². The molecule has 1 heterocycles. The summed E-state index contributed by atoms with van der Waals surface area (Å²) in [6, 6.07) is 0.436. The molecule has 0 unspecified atom stereocenters. The first-order valence-corrected chi connectivity index (χ1v) is 8.03. The minimum absolute atomic E-state index is 0.117. The van der Waals surface area contributed by atoms with Crippen LogP contribution in [0.15, 0.2) is 5.51 Å². The first-order valence-electron chi connectivity index (χ1n) is 5.49. The van der Waals surface area contributed by atoms with Crippen LogP contribution in [0, 0.1) is 0 Å². The number of aromatic nitrogens is 2. The van der Waals surface area contributed by atoms with Crippen LogP contribution in [0.2, 0.25) is 0 Å². The van der Waals surface area contributed by atoms with Gasteiger partial charge in [0.15, 0.2) is 0 Å². The molecule has 6 nitrogen and oxygen atoms in total. The molecular formula is C9H18N4O2S2. The monoisotopic (exact) mass is 278 g/mol. The second kappa shape index (κ2) is 6.87. The van der Waals surface area contributed by atoms with Crippen LogP contribution in [0.4, 0.5) is 5.13 Å². The number of unbranched alkanes of at least 4 members (excludes halogenated alkanes) is 1. The predicted octanol–water partition coefficient (Wildman–Crippen LogP) is 1.06. The molecule has 0 amide bonds. The summed E-state index contributed by atoms with van der Waals surface area (Å²) in [6.45, 7) is 4.97. The molecule has 0 fully saturated rings. The van der Waals surface area contributed by atoms with E-state index in [1.54, 1.807) is 0 Å². The van der Waals surface area contributed by atoms with E-state index in [2.05, 4.69) is 34.1 Å². The van der Waals surface area contributed by atoms with Gasteiger partial charge in [-0.2, -0.15) is 0 Å². The first kappa shape index (κ1) is 14.3. The van der Waals surface area contributed by atoms with Crippen LogP contribution in [-0.4, -0.2) is 37.0 Å². The second-order valence-electron chi connectivity index (χ2n) is 3.98. The van der Waals surface area contributed by atoms with Crippen molar-refractivity contribution in [2.24, 2.45) is 0 Å². The van der Waals surface area contributed by atoms with Crippen LogP contribution >= 0.6 is 11.3 Å². The quantitative estimate of drug-likeness (QED) is 0.695. The van der Waals surface area contributed by atoms with Crippen LogP contribution in [-0.2, 0) is 10.0 Å². The summed E-state index contributed by atoms with van der Waals surface area (Å²) in [7, 11) is -3.28. The third-order valence-electron chi connectivity index (χ3n) is 2.00. The Morgan fingerprint density at radius 2 is 2.18 bits per heavy atom. The topological polar surface area (TPSA) is 84.0 Å². The van der Waals surface area contributed by atoms with Gasteiger partial charge in [-0.3, -0.25) is 4.72 Å². The van der Waals surface area contributed by atoms with Gasteiger partial charge in [0, 0.05) is 6.04 Å². The standard InChI is InChI=1S/C9H18N4O2S2/c1-8(2)10-5-3-4-6-17(14,15)13-9-12-11-7-16-9/h7-8,10H,3-6H2,1-2H3,(H,12,13). The zero-order valence-corrected chi connectivity index (χ0v) is 11.6. The van der Waals surface area contributed by atoms with Crippen LogP contribution < -0.4 is 10.0 Å². The Kier molecular flexibility index (Phi) is 5.79. The molecule has 0 saturated carbocycles. The highest BCUT2D eigenvalue weighted by Gasteiger charge is 2.11. The molecule has 1 rings (SSSR count). The average molecular weight is 278 g/mol. The maximum atomic E-state index is 11.6. The summed E-state index contributed by atoms with van der Waals surface area (Å²) in [5, 5.41) is 10.8. The Labute approximate surface area is 106 Å². The number of hydrogen-bond donors (Lipinski definition) is 2. The predicted molar refractivity (Wildman–Crippen MR) is 69.7 cm³/mol. The number of hydrogen-bond acceptors (Lipinski definition) is 6. The van der Waals surface area contributed by atoms with Crippen molar-refractivity contribution >= 4 is 26.5 Å². The lowest BCUT2D eigenvalue weighted by atomic mass is 10.3. The average Bonchev–Trinajstić information content (AvgIpc) is 2.68. The minimum atomic E-state index is -3.28. The minimum Gasteiger partial charge on any atom is -0.315 e. The van der Waals surface area contributed by atoms with Gasteiger partial charge in [-0.1, -0.05) is 25.2 Å². The summed E-state index contributed by atoms with van der Waals surface area (Å²) < 4.78 is 25.6. The van der Waals surface area contributed by atoms with Gasteiger partial charge in [-0.25, -0.2) is 8.42 Å². The maximum Gasteiger partial charge on any atom is 0.234 e. The number of rotatable bonds is 8. The zero-order valence-electron chi connectivity index (χ0n) is 10.0. The Morgan fingerprint density at radius 3 is 2.76 bits per heavy atom. The van der Waals surface area contributed by atoms with Gasteiger partial charge in [0.1, 0.15) is 5.51 Å². The fraction of sp³-hybridized carbons (Fsp3) is 0.778. The van der Waals surface area contributed by atoms with Gasteiger partial charge in [0.25, 0.3) is 0 Å². The summed E-state index contributed by atoms with van der Waals surface area (Å²) in [4.78, 5) is 0. The molecular weight excluding hydrogens is 260 g/mol. The third kappa shape index (κ3) is 6.54. The van der Waals surface area contributed by atoms with Crippen molar-refractivity contribution in [3.8, 4) is 0 Å². The summed E-state index contributed by atoms with van der Waals surface area (Å²) in [5.74, 6) is 0.117. The number of sulfonamides is 1. The largest absolute Gasteiger partial charge is 0.315 e. The molecule has 17 heavy (non-hydrogen) atoms. The summed E-state index contributed by atoms with van der Waals surface area (Å²) in [5.41, 5.74) is 1.49. The molecule has 0 spiro atoms. The zero-order chi connectivity index (χ0) is 12.7. The van der Waals surface area contributed by atoms with Gasteiger partial charge in [0.05, 0.1) is 5.75 Å². The van der Waals surface area contributed by atoms with Crippen molar-refractivity contribution in [1.29, 1.82) is 0 Å². The van der Waals surface area contributed by atoms with Crippen molar-refractivity contribution in [2.75, 3.05) is 17.0 Å². The number of nitrogens with zero attached hydrogens (tertiary/aromatic N) is 2. The molecule has 1 aromatic heterocycles. The van der Waals surface area contributed by atoms with Crippen molar-refractivity contribution < 1.29 is 8.42 Å². The molecule has 0 aliphatic carbocycles. The third-order valence-corrected chi connectivity index (χ3v) is 4.06. The van der Waals surface area contributed by atoms with Gasteiger partial charge in [-0.05, 0) is 19.4 Å². The van der Waals surface area contributed by atoms with E-state index < -0.39 is 10.0 Å². The van der Waals surface area contributed by atoms with E-state index in [-0.39, 0.29) is 5.75 Å². The van der Waals surface area contributed by atoms with E-state index in [9.17, 15) is 8.42 Å². The highest BCUT2D eigenvalue weighted by molar-refractivity contribution is 7.92. The van der Waals surface area contributed by atoms with Crippen LogP contribution in [0.5, 0.6) is 0 Å². The van der Waals surface area contributed by atoms with Gasteiger partial charge in [-0.15, -0.1) is 10.2 Å². The molecule has 2 N–H and O–H groups in total. The molecule has 0 aromatic carbocycles. The Morgan fingerprint density at radius 1 is 1.41 bits per heavy atom. The highest BCUT2D eigenvalue weighted by Crippen LogP contribution is 2.11. The van der Waals surface area contributed by atoms with Crippen molar-refractivity contribution in [3.63, 3.8) is 0 Å². The van der Waals surface area contributed by atoms with Gasteiger partial charge in [0.2, 0.25) is 15.2 Å². The van der Waals surface area contributed by atoms with Gasteiger partial charge >= 0.3 is 0 Å². The first-order chi connectivity index (χ1) is 7.99. The van der Waals surface area contributed by atoms with E-state index in [0.29, 0.717) is 17.6 Å². The summed E-state index contributed by atoms with van der Waals surface area (Å²) in [6.07, 6.45) is 1.48. The lowest BCUT2D eigenvalue weighted by Gasteiger charge is -2.08. The summed E-state index contributed by atoms with van der Waals surface area (Å²) >= 11 is 1.17. The van der Waals surface area contributed by atoms with Crippen LogP contribution in [0.25, 0.3) is 0 Å². The lowest BCUT2D eigenvalue weighted by molar-refractivity contribution is 0.561. The van der Waals surface area contributed by atoms with Crippen LogP contribution in [0.3, 0.4) is 0 Å². The maximum absolute atomic E-state index is 11.6. The molecule has 0 atom stereocenters. The second-order valence-corrected chi connectivity index (χ2v) is 6.66. The highest BCUT2D eigenvalue weighted by atomic mass is 32.2. The molecule has 0 bridgehead atoms. The Hall–Kier alpha value is -0.730. The molecule has 0 saturated heterocycles. The van der Waals surface area contributed by atoms with E-state index in [4.69, 9.17) is 0 Å².